The van der Waals surface area contributed by atoms with Crippen LogP contribution in [0.4, 0.5) is 5.69 Å². The summed E-state index contributed by atoms with van der Waals surface area (Å²) < 4.78 is 10.1. The molecule has 0 aliphatic heterocycles. The lowest BCUT2D eigenvalue weighted by Gasteiger charge is -2.16. The van der Waals surface area contributed by atoms with Gasteiger partial charge in [0.2, 0.25) is 5.76 Å². The second kappa shape index (κ2) is 8.69. The van der Waals surface area contributed by atoms with E-state index in [1.807, 2.05) is 19.9 Å². The zero-order valence-corrected chi connectivity index (χ0v) is 15.3. The zero-order chi connectivity index (χ0) is 18.4. The SMILES string of the molecule is CC[NH+](CC(=O)Nc1cc(Cl)ccc1C)Cc1ccc(C(=O)OC)o1. The maximum absolute atomic E-state index is 12.3. The average molecular weight is 366 g/mol. The van der Waals surface area contributed by atoms with Gasteiger partial charge in [0.25, 0.3) is 5.91 Å². The van der Waals surface area contributed by atoms with Gasteiger partial charge >= 0.3 is 5.97 Å². The Bertz CT molecular complexity index is 757. The number of amides is 1. The van der Waals surface area contributed by atoms with Crippen LogP contribution in [0.2, 0.25) is 5.02 Å². The van der Waals surface area contributed by atoms with Crippen LogP contribution in [0.3, 0.4) is 0 Å². The van der Waals surface area contributed by atoms with Crippen molar-refractivity contribution in [3.63, 3.8) is 0 Å². The molecule has 1 atom stereocenters. The van der Waals surface area contributed by atoms with Crippen LogP contribution in [-0.4, -0.2) is 32.1 Å². The molecule has 25 heavy (non-hydrogen) atoms. The van der Waals surface area contributed by atoms with Gasteiger partial charge in [0, 0.05) is 10.7 Å². The van der Waals surface area contributed by atoms with Crippen LogP contribution < -0.4 is 10.2 Å². The number of esters is 1. The van der Waals surface area contributed by atoms with Crippen molar-refractivity contribution in [2.24, 2.45) is 0 Å². The van der Waals surface area contributed by atoms with E-state index in [2.05, 4.69) is 10.1 Å². The minimum atomic E-state index is -0.515. The molecule has 0 bridgehead atoms. The Morgan fingerprint density at radius 1 is 1.28 bits per heavy atom. The molecule has 0 aliphatic carbocycles. The van der Waals surface area contributed by atoms with Gasteiger partial charge < -0.3 is 19.4 Å². The molecule has 0 fully saturated rings. The second-order valence-corrected chi connectivity index (χ2v) is 6.16. The number of halogens is 1. The van der Waals surface area contributed by atoms with Crippen molar-refractivity contribution < 1.29 is 23.6 Å². The maximum atomic E-state index is 12.3. The number of carbonyl (C=O) groups is 2. The number of methoxy groups -OCH3 is 1. The van der Waals surface area contributed by atoms with Crippen LogP contribution in [0.15, 0.2) is 34.7 Å². The summed E-state index contributed by atoms with van der Waals surface area (Å²) in [5, 5.41) is 3.46. The molecule has 2 rings (SSSR count). The fraction of sp³-hybridized carbons (Fsp3) is 0.333. The van der Waals surface area contributed by atoms with Gasteiger partial charge in [-0.2, -0.15) is 0 Å². The molecule has 2 aromatic rings. The van der Waals surface area contributed by atoms with E-state index >= 15 is 0 Å². The summed E-state index contributed by atoms with van der Waals surface area (Å²) in [7, 11) is 1.30. The molecule has 134 valence electrons. The molecule has 2 N–H and O–H groups in total. The Morgan fingerprint density at radius 2 is 2.04 bits per heavy atom. The minimum absolute atomic E-state index is 0.109. The second-order valence-electron chi connectivity index (χ2n) is 5.72. The van der Waals surface area contributed by atoms with Crippen LogP contribution >= 0.6 is 11.6 Å². The van der Waals surface area contributed by atoms with E-state index in [9.17, 15) is 9.59 Å². The summed E-state index contributed by atoms with van der Waals surface area (Å²) in [6.07, 6.45) is 0. The normalized spacial score (nSPS) is 11.8. The van der Waals surface area contributed by atoms with Crippen LogP contribution in [-0.2, 0) is 16.1 Å². The number of rotatable bonds is 7. The lowest BCUT2D eigenvalue weighted by molar-refractivity contribution is -0.904. The zero-order valence-electron chi connectivity index (χ0n) is 14.5. The standard InChI is InChI=1S/C18H21ClN2O4/c1-4-21(10-14-7-8-16(25-14)18(23)24-3)11-17(22)20-15-9-13(19)6-5-12(15)2/h5-9H,4,10-11H2,1-3H3,(H,20,22)/p+1. The number of hydrogen-bond acceptors (Lipinski definition) is 4. The van der Waals surface area contributed by atoms with Gasteiger partial charge in [-0.05, 0) is 43.7 Å². The summed E-state index contributed by atoms with van der Waals surface area (Å²) in [6, 6.07) is 8.67. The molecule has 1 unspecified atom stereocenters. The average Bonchev–Trinajstić information content (AvgIpc) is 3.05. The molecule has 0 saturated heterocycles. The van der Waals surface area contributed by atoms with E-state index in [0.717, 1.165) is 17.0 Å². The number of benzene rings is 1. The number of hydrogen-bond donors (Lipinski definition) is 2. The third kappa shape index (κ3) is 5.34. The summed E-state index contributed by atoms with van der Waals surface area (Å²) in [4.78, 5) is 24.7. The highest BCUT2D eigenvalue weighted by Crippen LogP contribution is 2.19. The number of furan rings is 1. The molecule has 1 amide bonds. The van der Waals surface area contributed by atoms with Gasteiger partial charge in [-0.25, -0.2) is 4.79 Å². The lowest BCUT2D eigenvalue weighted by atomic mass is 10.2. The van der Waals surface area contributed by atoms with Gasteiger partial charge in [0.05, 0.1) is 13.7 Å². The number of aryl methyl sites for hydroxylation is 1. The highest BCUT2D eigenvalue weighted by molar-refractivity contribution is 6.31. The summed E-state index contributed by atoms with van der Waals surface area (Å²) in [5.41, 5.74) is 1.66. The Morgan fingerprint density at radius 3 is 2.72 bits per heavy atom. The van der Waals surface area contributed by atoms with Gasteiger partial charge in [-0.3, -0.25) is 4.79 Å². The van der Waals surface area contributed by atoms with Crippen LogP contribution in [0.25, 0.3) is 0 Å². The monoisotopic (exact) mass is 365 g/mol. The van der Waals surface area contributed by atoms with Crippen LogP contribution in [0.5, 0.6) is 0 Å². The van der Waals surface area contributed by atoms with Crippen molar-refractivity contribution in [2.75, 3.05) is 25.5 Å². The molecule has 1 aromatic carbocycles. The molecular weight excluding hydrogens is 344 g/mol. The topological polar surface area (TPSA) is 73.0 Å². The molecule has 1 aromatic heterocycles. The fourth-order valence-corrected chi connectivity index (χ4v) is 2.56. The number of quaternary nitrogens is 1. The number of carbonyl (C=O) groups excluding carboxylic acids is 2. The van der Waals surface area contributed by atoms with Gasteiger partial charge in [-0.15, -0.1) is 0 Å². The predicted molar refractivity (Wildman–Crippen MR) is 94.9 cm³/mol. The predicted octanol–water partition coefficient (Wildman–Crippen LogP) is 2.07. The highest BCUT2D eigenvalue weighted by atomic mass is 35.5. The Balaban J connectivity index is 1.96. The largest absolute Gasteiger partial charge is 0.463 e. The van der Waals surface area contributed by atoms with E-state index in [1.165, 1.54) is 7.11 Å². The first-order valence-electron chi connectivity index (χ1n) is 7.99. The first-order chi connectivity index (χ1) is 11.9. The third-order valence-electron chi connectivity index (χ3n) is 3.86. The number of ether oxygens (including phenoxy) is 1. The van der Waals surface area contributed by atoms with Gasteiger partial charge in [0.1, 0.15) is 6.54 Å². The first kappa shape index (κ1) is 19.0. The Kier molecular flexibility index (Phi) is 6.61. The minimum Gasteiger partial charge on any atom is -0.463 e. The van der Waals surface area contributed by atoms with Crippen molar-refractivity contribution in [3.05, 3.63) is 52.4 Å². The van der Waals surface area contributed by atoms with E-state index in [-0.39, 0.29) is 18.2 Å². The van der Waals surface area contributed by atoms with Gasteiger partial charge in [-0.1, -0.05) is 17.7 Å². The van der Waals surface area contributed by atoms with Crippen molar-refractivity contribution >= 4 is 29.2 Å². The van der Waals surface area contributed by atoms with E-state index in [1.54, 1.807) is 24.3 Å². The van der Waals surface area contributed by atoms with E-state index in [4.69, 9.17) is 16.0 Å². The summed E-state index contributed by atoms with van der Waals surface area (Å²) in [6.45, 7) is 5.40. The fourth-order valence-electron chi connectivity index (χ4n) is 2.39. The van der Waals surface area contributed by atoms with Crippen molar-refractivity contribution in [1.82, 2.24) is 0 Å². The summed E-state index contributed by atoms with van der Waals surface area (Å²) >= 11 is 5.97. The lowest BCUT2D eigenvalue weighted by Crippen LogP contribution is -3.11. The smallest absolute Gasteiger partial charge is 0.373 e. The quantitative estimate of drug-likeness (QED) is 0.737. The maximum Gasteiger partial charge on any atom is 0.373 e. The van der Waals surface area contributed by atoms with Crippen molar-refractivity contribution in [3.8, 4) is 0 Å². The molecule has 1 heterocycles. The number of likely N-dealkylation sites (N-methyl/N-ethyl adjacent to an activating group) is 1. The van der Waals surface area contributed by atoms with Crippen molar-refractivity contribution in [1.29, 1.82) is 0 Å². The molecule has 0 spiro atoms. The van der Waals surface area contributed by atoms with E-state index in [0.29, 0.717) is 23.0 Å². The number of anilines is 1. The highest BCUT2D eigenvalue weighted by Gasteiger charge is 2.18. The Hall–Kier alpha value is -2.31. The molecule has 7 heteroatoms. The van der Waals surface area contributed by atoms with Gasteiger partial charge in [0.15, 0.2) is 12.3 Å². The first-order valence-corrected chi connectivity index (χ1v) is 8.37. The third-order valence-corrected chi connectivity index (χ3v) is 4.09. The van der Waals surface area contributed by atoms with Crippen LogP contribution in [0, 0.1) is 6.92 Å². The Labute approximate surface area is 151 Å². The van der Waals surface area contributed by atoms with E-state index < -0.39 is 5.97 Å². The molecular formula is C18H22ClN2O4+. The van der Waals surface area contributed by atoms with Crippen molar-refractivity contribution in [2.45, 2.75) is 20.4 Å². The molecule has 0 radical (unpaired) electrons. The number of nitrogens with one attached hydrogen (secondary N) is 2. The molecule has 0 saturated carbocycles. The summed E-state index contributed by atoms with van der Waals surface area (Å²) in [5.74, 6) is 0.163. The molecule has 6 nitrogen and oxygen atoms in total. The van der Waals surface area contributed by atoms with Crippen LogP contribution in [0.1, 0.15) is 28.8 Å². The molecule has 0 aliphatic rings.